The lowest BCUT2D eigenvalue weighted by atomic mass is 9.81. The van der Waals surface area contributed by atoms with Crippen LogP contribution in [0.1, 0.15) is 47.0 Å². The molecule has 0 saturated carbocycles. The summed E-state index contributed by atoms with van der Waals surface area (Å²) < 4.78 is 48.4. The average Bonchev–Trinajstić information content (AvgIpc) is 2.22. The molecule has 0 unspecified atom stereocenters. The molecular formula is C12H22NO5S2. The third-order valence-electron chi connectivity index (χ3n) is 4.46. The minimum atomic E-state index is -3.77. The summed E-state index contributed by atoms with van der Waals surface area (Å²) in [7, 11) is -7.55. The number of sulfone groups is 2. The molecule has 2 aliphatic rings. The number of hydroxylamine groups is 2. The van der Waals surface area contributed by atoms with Crippen LogP contribution >= 0.6 is 0 Å². The zero-order valence-corrected chi connectivity index (χ0v) is 14.0. The largest absolute Gasteiger partial charge is 0.227 e. The molecule has 0 aromatic heterocycles. The van der Waals surface area contributed by atoms with Gasteiger partial charge in [0.2, 0.25) is 0 Å². The Kier molecular flexibility index (Phi) is 3.38. The molecule has 2 saturated heterocycles. The Labute approximate surface area is 121 Å². The van der Waals surface area contributed by atoms with Gasteiger partial charge in [0.1, 0.15) is 0 Å². The Hall–Kier alpha value is -0.180. The van der Waals surface area contributed by atoms with Gasteiger partial charge in [0.05, 0.1) is 11.5 Å². The normalized spacial score (nSPS) is 33.9. The molecule has 2 heterocycles. The van der Waals surface area contributed by atoms with Gasteiger partial charge in [-0.2, -0.15) is 0 Å². The zero-order valence-electron chi connectivity index (χ0n) is 12.3. The molecule has 0 aliphatic carbocycles. The predicted octanol–water partition coefficient (Wildman–Crippen LogP) is 0.915. The van der Waals surface area contributed by atoms with Crippen LogP contribution in [0.2, 0.25) is 0 Å². The van der Waals surface area contributed by atoms with E-state index < -0.39 is 34.8 Å². The summed E-state index contributed by atoms with van der Waals surface area (Å²) in [6, 6.07) is 0. The van der Waals surface area contributed by atoms with Gasteiger partial charge < -0.3 is 0 Å². The lowest BCUT2D eigenvalue weighted by Gasteiger charge is -2.54. The maximum Gasteiger partial charge on any atom is 0.176 e. The molecule has 0 bridgehead atoms. The van der Waals surface area contributed by atoms with Crippen molar-refractivity contribution in [3.63, 3.8) is 0 Å². The van der Waals surface area contributed by atoms with Crippen molar-refractivity contribution in [1.82, 2.24) is 5.06 Å². The van der Waals surface area contributed by atoms with E-state index >= 15 is 0 Å². The van der Waals surface area contributed by atoms with E-state index in [9.17, 15) is 22.0 Å². The number of hydrogen-bond acceptors (Lipinski definition) is 5. The summed E-state index contributed by atoms with van der Waals surface area (Å²) in [5.41, 5.74) is -2.06. The van der Waals surface area contributed by atoms with Crippen molar-refractivity contribution in [2.75, 3.05) is 11.5 Å². The summed E-state index contributed by atoms with van der Waals surface area (Å²) in [4.78, 5) is 0. The van der Waals surface area contributed by atoms with Gasteiger partial charge in [-0.1, -0.05) is 0 Å². The predicted molar refractivity (Wildman–Crippen MR) is 74.8 cm³/mol. The number of nitrogens with zero attached hydrogens (tertiary/aromatic N) is 1. The second-order valence-corrected chi connectivity index (χ2v) is 12.3. The van der Waals surface area contributed by atoms with Gasteiger partial charge >= 0.3 is 0 Å². The van der Waals surface area contributed by atoms with Crippen molar-refractivity contribution in [3.05, 3.63) is 0 Å². The molecule has 0 N–H and O–H groups in total. The molecule has 0 aromatic rings. The SMILES string of the molecule is CC1(C)CC2(CC(C)(C)N1[O])S(=O)(=O)CCCS2(=O)=O. The highest BCUT2D eigenvalue weighted by molar-refractivity contribution is 8.10. The lowest BCUT2D eigenvalue weighted by Crippen LogP contribution is -2.69. The van der Waals surface area contributed by atoms with Crippen LogP contribution in [0.3, 0.4) is 0 Å². The fraction of sp³-hybridized carbons (Fsp3) is 1.00. The molecule has 2 rings (SSSR count). The molecule has 0 amide bonds. The number of hydrogen-bond donors (Lipinski definition) is 0. The Morgan fingerprint density at radius 1 is 0.800 bits per heavy atom. The van der Waals surface area contributed by atoms with E-state index in [-0.39, 0.29) is 30.8 Å². The monoisotopic (exact) mass is 324 g/mol. The topological polar surface area (TPSA) is 91.4 Å². The summed E-state index contributed by atoms with van der Waals surface area (Å²) in [6.07, 6.45) is -0.163. The number of rotatable bonds is 0. The van der Waals surface area contributed by atoms with Crippen LogP contribution < -0.4 is 0 Å². The van der Waals surface area contributed by atoms with Gasteiger partial charge in [0.15, 0.2) is 23.8 Å². The van der Waals surface area contributed by atoms with Crippen LogP contribution in [0.15, 0.2) is 0 Å². The molecule has 0 aromatic carbocycles. The highest BCUT2D eigenvalue weighted by Crippen LogP contribution is 2.51. The van der Waals surface area contributed by atoms with E-state index in [4.69, 9.17) is 0 Å². The first-order valence-corrected chi connectivity index (χ1v) is 10.0. The fourth-order valence-corrected chi connectivity index (χ4v) is 10.1. The quantitative estimate of drug-likeness (QED) is 0.660. The Bertz CT molecular complexity index is 564. The Morgan fingerprint density at radius 3 is 1.50 bits per heavy atom. The molecule has 20 heavy (non-hydrogen) atoms. The molecule has 1 radical (unpaired) electrons. The summed E-state index contributed by atoms with van der Waals surface area (Å²) in [5, 5.41) is 13.2. The summed E-state index contributed by atoms with van der Waals surface area (Å²) in [6.45, 7) is 6.45. The maximum atomic E-state index is 12.6. The Balaban J connectivity index is 2.70. The smallest absolute Gasteiger partial charge is 0.176 e. The highest BCUT2D eigenvalue weighted by Gasteiger charge is 2.65. The summed E-state index contributed by atoms with van der Waals surface area (Å²) >= 11 is 0. The third-order valence-corrected chi connectivity index (χ3v) is 10.5. The number of piperidine rings is 1. The van der Waals surface area contributed by atoms with E-state index in [0.717, 1.165) is 5.06 Å². The average molecular weight is 324 g/mol. The first kappa shape index (κ1) is 16.2. The van der Waals surface area contributed by atoms with Gasteiger partial charge in [0, 0.05) is 23.9 Å². The molecule has 117 valence electrons. The van der Waals surface area contributed by atoms with Crippen molar-refractivity contribution in [3.8, 4) is 0 Å². The molecule has 8 heteroatoms. The van der Waals surface area contributed by atoms with Crippen LogP contribution in [-0.2, 0) is 24.9 Å². The highest BCUT2D eigenvalue weighted by atomic mass is 32.3. The minimum absolute atomic E-state index is 0.114. The van der Waals surface area contributed by atoms with Crippen LogP contribution in [0, 0.1) is 0 Å². The second kappa shape index (κ2) is 4.18. The zero-order chi connectivity index (χ0) is 15.6. The van der Waals surface area contributed by atoms with E-state index in [1.807, 2.05) is 0 Å². The van der Waals surface area contributed by atoms with Crippen molar-refractivity contribution in [2.45, 2.75) is 62.1 Å². The lowest BCUT2D eigenvalue weighted by molar-refractivity contribution is -0.287. The fourth-order valence-electron chi connectivity index (χ4n) is 3.79. The standard InChI is InChI=1S/C12H22NO5S2/c1-10(2)8-12(9-11(3,4)13(10)14)19(15,16)6-5-7-20(12,17)18/h5-9H2,1-4H3. The molecule has 1 spiro atoms. The van der Waals surface area contributed by atoms with Gasteiger partial charge in [-0.05, 0) is 34.1 Å². The maximum absolute atomic E-state index is 12.6. The van der Waals surface area contributed by atoms with E-state index in [2.05, 4.69) is 0 Å². The van der Waals surface area contributed by atoms with E-state index in [1.54, 1.807) is 27.7 Å². The molecule has 0 atom stereocenters. The van der Waals surface area contributed by atoms with Crippen LogP contribution in [0.5, 0.6) is 0 Å². The van der Waals surface area contributed by atoms with Gasteiger partial charge in [-0.3, -0.25) is 0 Å². The molecule has 6 nitrogen and oxygen atoms in total. The first-order valence-electron chi connectivity index (χ1n) is 6.70. The minimum Gasteiger partial charge on any atom is -0.227 e. The first-order chi connectivity index (χ1) is 8.78. The second-order valence-electron chi connectivity index (χ2n) is 7.17. The third kappa shape index (κ3) is 2.03. The summed E-state index contributed by atoms with van der Waals surface area (Å²) in [5.74, 6) is -0.228. The van der Waals surface area contributed by atoms with Crippen molar-refractivity contribution in [2.24, 2.45) is 0 Å². The molecular weight excluding hydrogens is 302 g/mol. The van der Waals surface area contributed by atoms with Crippen molar-refractivity contribution >= 4 is 19.7 Å². The molecule has 2 aliphatic heterocycles. The molecule has 2 fully saturated rings. The van der Waals surface area contributed by atoms with Crippen LogP contribution in [-0.4, -0.2) is 48.6 Å². The van der Waals surface area contributed by atoms with Crippen LogP contribution in [0.25, 0.3) is 0 Å². The Morgan fingerprint density at radius 2 is 1.15 bits per heavy atom. The van der Waals surface area contributed by atoms with Crippen LogP contribution in [0.4, 0.5) is 0 Å². The van der Waals surface area contributed by atoms with Gasteiger partial charge in [-0.25, -0.2) is 16.8 Å². The van der Waals surface area contributed by atoms with Gasteiger partial charge in [0.25, 0.3) is 0 Å². The van der Waals surface area contributed by atoms with Crippen molar-refractivity contribution in [1.29, 1.82) is 0 Å². The van der Waals surface area contributed by atoms with Gasteiger partial charge in [-0.15, -0.1) is 10.3 Å². The van der Waals surface area contributed by atoms with Crippen molar-refractivity contribution < 1.29 is 22.0 Å². The van der Waals surface area contributed by atoms with E-state index in [1.165, 1.54) is 0 Å². The van der Waals surface area contributed by atoms with E-state index in [0.29, 0.717) is 0 Å².